The molecule has 2 aromatic rings. The third kappa shape index (κ3) is 11.2. The Bertz CT molecular complexity index is 955. The Balaban J connectivity index is 2.33. The van der Waals surface area contributed by atoms with Gasteiger partial charge in [0.05, 0.1) is 21.6 Å². The number of unbranched alkanes of at least 4 members (excludes halogenated alkanes) is 2. The van der Waals surface area contributed by atoms with Gasteiger partial charge >= 0.3 is 12.4 Å². The lowest BCUT2D eigenvalue weighted by Gasteiger charge is -2.37. The first-order valence-electron chi connectivity index (χ1n) is 13.9. The van der Waals surface area contributed by atoms with Gasteiger partial charge in [0.2, 0.25) is 0 Å². The van der Waals surface area contributed by atoms with Crippen LogP contribution in [-0.4, -0.2) is 24.2 Å². The summed E-state index contributed by atoms with van der Waals surface area (Å²) in [6, 6.07) is 10.6. The quantitative estimate of drug-likeness (QED) is 0.108. The highest BCUT2D eigenvalue weighted by atomic mass is 33.5. The zero-order valence-electron chi connectivity index (χ0n) is 24.5. The lowest BCUT2D eigenvalue weighted by Crippen LogP contribution is -2.44. The van der Waals surface area contributed by atoms with E-state index in [-0.39, 0.29) is 10.5 Å². The van der Waals surface area contributed by atoms with Crippen LogP contribution in [0.2, 0.25) is 0 Å². The number of benzene rings is 2. The second kappa shape index (κ2) is 15.6. The van der Waals surface area contributed by atoms with Crippen molar-refractivity contribution in [2.75, 3.05) is 13.1 Å². The van der Waals surface area contributed by atoms with Crippen LogP contribution >= 0.6 is 31.4 Å². The van der Waals surface area contributed by atoms with Gasteiger partial charge in [-0.1, -0.05) is 72.5 Å². The van der Waals surface area contributed by atoms with E-state index in [0.29, 0.717) is 0 Å². The van der Waals surface area contributed by atoms with Crippen molar-refractivity contribution >= 4 is 31.4 Å². The molecule has 0 aliphatic carbocycles. The molecule has 2 atom stereocenters. The van der Waals surface area contributed by atoms with Crippen molar-refractivity contribution in [3.63, 3.8) is 0 Å². The molecule has 0 aromatic heterocycles. The normalized spacial score (nSPS) is 14.7. The summed E-state index contributed by atoms with van der Waals surface area (Å²) in [6.07, 6.45) is -4.84. The molecule has 2 nitrogen and oxygen atoms in total. The van der Waals surface area contributed by atoms with Gasteiger partial charge in [-0.3, -0.25) is 0 Å². The molecule has 232 valence electrons. The Morgan fingerprint density at radius 1 is 0.585 bits per heavy atom. The van der Waals surface area contributed by atoms with E-state index in [9.17, 15) is 26.3 Å². The molecule has 2 N–H and O–H groups in total. The molecule has 0 aliphatic rings. The Morgan fingerprint density at radius 3 is 1.17 bits per heavy atom. The number of rotatable bonds is 16. The summed E-state index contributed by atoms with van der Waals surface area (Å²) in [4.78, 5) is 0. The van der Waals surface area contributed by atoms with E-state index >= 15 is 0 Å². The summed E-state index contributed by atoms with van der Waals surface area (Å²) >= 11 is 0. The Labute approximate surface area is 252 Å². The lowest BCUT2D eigenvalue weighted by atomic mass is 9.93. The van der Waals surface area contributed by atoms with Gasteiger partial charge in [-0.2, -0.15) is 26.3 Å². The van der Waals surface area contributed by atoms with Crippen LogP contribution in [0.15, 0.2) is 48.5 Å². The Morgan fingerprint density at radius 2 is 0.902 bits per heavy atom. The van der Waals surface area contributed by atoms with Crippen LogP contribution < -0.4 is 10.6 Å². The molecule has 0 bridgehead atoms. The predicted octanol–water partition coefficient (Wildman–Crippen LogP) is 10.9. The highest BCUT2D eigenvalue weighted by Gasteiger charge is 2.37. The molecule has 0 radical (unpaired) electrons. The topological polar surface area (TPSA) is 24.1 Å². The molecule has 0 saturated carbocycles. The fourth-order valence-electron chi connectivity index (χ4n) is 4.34. The smallest absolute Gasteiger partial charge is 0.310 e. The zero-order valence-corrected chi connectivity index (χ0v) is 27.0. The van der Waals surface area contributed by atoms with Crippen molar-refractivity contribution in [2.45, 2.75) is 101 Å². The zero-order chi connectivity index (χ0) is 30.9. The maximum atomic E-state index is 13.2. The van der Waals surface area contributed by atoms with Crippen molar-refractivity contribution in [2.24, 2.45) is 0 Å². The average Bonchev–Trinajstić information content (AvgIpc) is 2.88. The molecule has 2 aromatic carbocycles. The molecule has 0 heterocycles. The van der Waals surface area contributed by atoms with Crippen LogP contribution in [-0.2, 0) is 12.4 Å². The maximum Gasteiger partial charge on any atom is 0.416 e. The number of halogens is 6. The molecular weight excluding hydrogens is 599 g/mol. The molecule has 11 heteroatoms. The minimum absolute atomic E-state index is 0.191. The van der Waals surface area contributed by atoms with E-state index in [2.05, 4.69) is 24.5 Å². The van der Waals surface area contributed by atoms with Gasteiger partial charge in [0.15, 0.2) is 0 Å². The molecule has 0 fully saturated rings. The Hall–Kier alpha value is -1.01. The molecular formula is C30H42F6N2S3. The van der Waals surface area contributed by atoms with Crippen LogP contribution in [0.1, 0.15) is 100.0 Å². The first kappa shape index (κ1) is 36.2. The summed E-state index contributed by atoms with van der Waals surface area (Å²) in [7, 11) is 4.63. The summed E-state index contributed by atoms with van der Waals surface area (Å²) in [5.41, 5.74) is -0.706. The standard InChI is InChI=1S/C30H42F6N2S3/c1-7-9-19-37-27(3,4)25(21-11-15-23(16-12-21)29(31,32)33)39-41-40-26(28(5,6)38-20-10-8-2)22-13-17-24(18-14-22)30(34,35)36/h11-18,25-26,37-38H,7-10,19-20H2,1-6H3. The molecule has 0 aliphatic heterocycles. The maximum absolute atomic E-state index is 13.2. The van der Waals surface area contributed by atoms with Gasteiger partial charge < -0.3 is 10.6 Å². The minimum Gasteiger partial charge on any atom is -0.310 e. The fraction of sp³-hybridized carbons (Fsp3) is 0.600. The van der Waals surface area contributed by atoms with Gasteiger partial charge in [0.25, 0.3) is 0 Å². The molecule has 0 amide bonds. The van der Waals surface area contributed by atoms with Crippen molar-refractivity contribution in [1.82, 2.24) is 10.6 Å². The first-order chi connectivity index (χ1) is 19.0. The number of hydrogen-bond acceptors (Lipinski definition) is 5. The summed E-state index contributed by atoms with van der Waals surface area (Å²) in [6.45, 7) is 13.9. The third-order valence-corrected chi connectivity index (χ3v) is 12.2. The first-order valence-corrected chi connectivity index (χ1v) is 17.5. The van der Waals surface area contributed by atoms with E-state index in [0.717, 1.165) is 74.2 Å². The van der Waals surface area contributed by atoms with Gasteiger partial charge in [-0.15, -0.1) is 0 Å². The van der Waals surface area contributed by atoms with Gasteiger partial charge in [0, 0.05) is 11.1 Å². The van der Waals surface area contributed by atoms with Crippen molar-refractivity contribution < 1.29 is 26.3 Å². The molecule has 2 rings (SSSR count). The van der Waals surface area contributed by atoms with E-state index in [1.165, 1.54) is 9.83 Å². The van der Waals surface area contributed by atoms with Crippen LogP contribution in [0.5, 0.6) is 0 Å². The van der Waals surface area contributed by atoms with E-state index in [1.807, 2.05) is 27.7 Å². The summed E-state index contributed by atoms with van der Waals surface area (Å²) < 4.78 is 79.4. The van der Waals surface area contributed by atoms with Crippen molar-refractivity contribution in [1.29, 1.82) is 0 Å². The number of nitrogens with one attached hydrogen (secondary N) is 2. The summed E-state index contributed by atoms with van der Waals surface area (Å²) in [5.74, 6) is 0. The largest absolute Gasteiger partial charge is 0.416 e. The molecule has 0 spiro atoms. The van der Waals surface area contributed by atoms with Gasteiger partial charge in [-0.25, -0.2) is 0 Å². The second-order valence-corrected chi connectivity index (χ2v) is 15.5. The molecule has 2 unspecified atom stereocenters. The van der Waals surface area contributed by atoms with E-state index < -0.39 is 34.6 Å². The van der Waals surface area contributed by atoms with Gasteiger partial charge in [-0.05, 0) is 98.8 Å². The lowest BCUT2D eigenvalue weighted by molar-refractivity contribution is -0.138. The second-order valence-electron chi connectivity index (χ2n) is 11.3. The predicted molar refractivity (Wildman–Crippen MR) is 165 cm³/mol. The fourth-order valence-corrected chi connectivity index (χ4v) is 10.3. The van der Waals surface area contributed by atoms with E-state index in [4.69, 9.17) is 0 Å². The van der Waals surface area contributed by atoms with Crippen LogP contribution in [0.25, 0.3) is 0 Å². The van der Waals surface area contributed by atoms with Crippen LogP contribution in [0, 0.1) is 0 Å². The SMILES string of the molecule is CCCCNC(C)(C)C(SSSC(c1ccc(C(F)(F)F)cc1)C(C)(C)NCCCC)c1ccc(C(F)(F)F)cc1. The highest BCUT2D eigenvalue weighted by Crippen LogP contribution is 2.56. The number of alkyl halides is 6. The summed E-state index contributed by atoms with van der Waals surface area (Å²) in [5, 5.41) is 6.76. The number of hydrogen-bond donors (Lipinski definition) is 2. The Kier molecular flexibility index (Phi) is 13.8. The van der Waals surface area contributed by atoms with E-state index in [1.54, 1.807) is 45.9 Å². The minimum atomic E-state index is -4.41. The molecule has 41 heavy (non-hydrogen) atoms. The van der Waals surface area contributed by atoms with Crippen molar-refractivity contribution in [3.8, 4) is 0 Å². The molecule has 0 saturated heterocycles. The average molecular weight is 641 g/mol. The van der Waals surface area contributed by atoms with Crippen LogP contribution in [0.3, 0.4) is 0 Å². The third-order valence-electron chi connectivity index (χ3n) is 6.89. The van der Waals surface area contributed by atoms with Gasteiger partial charge in [0.1, 0.15) is 0 Å². The monoisotopic (exact) mass is 640 g/mol. The highest BCUT2D eigenvalue weighted by molar-refractivity contribution is 9.09. The van der Waals surface area contributed by atoms with Crippen molar-refractivity contribution in [3.05, 3.63) is 70.8 Å². The van der Waals surface area contributed by atoms with Crippen LogP contribution in [0.4, 0.5) is 26.3 Å².